The van der Waals surface area contributed by atoms with Crippen molar-refractivity contribution in [3.05, 3.63) is 30.2 Å². The summed E-state index contributed by atoms with van der Waals surface area (Å²) in [5.41, 5.74) is 7.24. The predicted octanol–water partition coefficient (Wildman–Crippen LogP) is 3.23. The minimum atomic E-state index is -0.0523. The zero-order valence-corrected chi connectivity index (χ0v) is 11.2. The third-order valence-electron chi connectivity index (χ3n) is 2.72. The second kappa shape index (κ2) is 4.37. The Bertz CT molecular complexity index is 553. The van der Waals surface area contributed by atoms with Crippen LogP contribution in [-0.4, -0.2) is 12.1 Å². The van der Waals surface area contributed by atoms with Gasteiger partial charge in [-0.2, -0.15) is 0 Å². The number of aromatic nitrogens is 1. The highest BCUT2D eigenvalue weighted by Crippen LogP contribution is 2.30. The summed E-state index contributed by atoms with van der Waals surface area (Å²) in [5.74, 6) is 2.09. The van der Waals surface area contributed by atoms with Crippen molar-refractivity contribution in [3.63, 3.8) is 0 Å². The van der Waals surface area contributed by atoms with E-state index in [4.69, 9.17) is 14.9 Å². The van der Waals surface area contributed by atoms with Crippen molar-refractivity contribution in [2.45, 2.75) is 26.2 Å². The quantitative estimate of drug-likeness (QED) is 0.826. The second-order valence-electron chi connectivity index (χ2n) is 5.24. The third-order valence-corrected chi connectivity index (χ3v) is 2.72. The average molecular weight is 246 g/mol. The van der Waals surface area contributed by atoms with Gasteiger partial charge in [-0.15, -0.1) is 0 Å². The number of benzene rings is 1. The van der Waals surface area contributed by atoms with Gasteiger partial charge in [0.05, 0.1) is 19.0 Å². The van der Waals surface area contributed by atoms with Gasteiger partial charge in [0.1, 0.15) is 11.5 Å². The molecule has 0 aliphatic rings. The molecule has 96 valence electrons. The molecule has 2 N–H and O–H groups in total. The maximum absolute atomic E-state index is 5.87. The number of hydrogen-bond donors (Lipinski definition) is 1. The fourth-order valence-corrected chi connectivity index (χ4v) is 1.62. The van der Waals surface area contributed by atoms with Crippen molar-refractivity contribution in [3.8, 4) is 17.2 Å². The van der Waals surface area contributed by atoms with E-state index in [2.05, 4.69) is 25.8 Å². The molecule has 0 unspecified atom stereocenters. The first-order valence-corrected chi connectivity index (χ1v) is 5.82. The smallest absolute Gasteiger partial charge is 0.226 e. The van der Waals surface area contributed by atoms with Gasteiger partial charge in [-0.05, 0) is 18.2 Å². The molecule has 0 saturated heterocycles. The molecule has 1 aromatic carbocycles. The highest BCUT2D eigenvalue weighted by atomic mass is 16.5. The van der Waals surface area contributed by atoms with E-state index in [-0.39, 0.29) is 5.41 Å². The number of nitrogens with two attached hydrogens (primary N) is 1. The normalized spacial score (nSPS) is 11.6. The molecule has 2 rings (SSSR count). The van der Waals surface area contributed by atoms with E-state index in [0.29, 0.717) is 17.3 Å². The molecule has 4 heteroatoms. The first-order chi connectivity index (χ1) is 8.41. The Labute approximate surface area is 107 Å². The molecule has 0 atom stereocenters. The van der Waals surface area contributed by atoms with E-state index in [1.807, 2.05) is 12.1 Å². The summed E-state index contributed by atoms with van der Waals surface area (Å²) in [5, 5.41) is 0. The molecule has 0 aliphatic carbocycles. The van der Waals surface area contributed by atoms with Gasteiger partial charge >= 0.3 is 0 Å². The van der Waals surface area contributed by atoms with Crippen molar-refractivity contribution in [2.75, 3.05) is 12.8 Å². The van der Waals surface area contributed by atoms with E-state index in [1.54, 1.807) is 19.4 Å². The molecule has 2 aromatic rings. The summed E-state index contributed by atoms with van der Waals surface area (Å²) in [6.45, 7) is 6.25. The van der Waals surface area contributed by atoms with Gasteiger partial charge in [0.15, 0.2) is 0 Å². The monoisotopic (exact) mass is 246 g/mol. The van der Waals surface area contributed by atoms with Gasteiger partial charge < -0.3 is 14.9 Å². The molecule has 0 spiro atoms. The number of oxazole rings is 1. The van der Waals surface area contributed by atoms with E-state index >= 15 is 0 Å². The van der Waals surface area contributed by atoms with E-state index in [9.17, 15) is 0 Å². The molecule has 4 nitrogen and oxygen atoms in total. The van der Waals surface area contributed by atoms with Crippen LogP contribution in [0, 0.1) is 0 Å². The first kappa shape index (κ1) is 12.5. The Balaban J connectivity index is 2.38. The lowest BCUT2D eigenvalue weighted by Gasteiger charge is -2.13. The lowest BCUT2D eigenvalue weighted by Crippen LogP contribution is -2.09. The third kappa shape index (κ3) is 2.32. The Hall–Kier alpha value is -1.97. The van der Waals surface area contributed by atoms with Gasteiger partial charge in [-0.3, -0.25) is 0 Å². The molecule has 0 bridgehead atoms. The number of anilines is 1. The molecule has 18 heavy (non-hydrogen) atoms. The summed E-state index contributed by atoms with van der Waals surface area (Å²) in [4.78, 5) is 4.29. The fraction of sp³-hybridized carbons (Fsp3) is 0.357. The Kier molecular flexibility index (Phi) is 3.03. The van der Waals surface area contributed by atoms with Crippen molar-refractivity contribution >= 4 is 5.69 Å². The number of hydrogen-bond acceptors (Lipinski definition) is 4. The first-order valence-electron chi connectivity index (χ1n) is 5.82. The van der Waals surface area contributed by atoms with E-state index in [0.717, 1.165) is 11.3 Å². The number of nitrogens with zero attached hydrogens (tertiary/aromatic N) is 1. The summed E-state index contributed by atoms with van der Waals surface area (Å²) in [6, 6.07) is 5.50. The summed E-state index contributed by atoms with van der Waals surface area (Å²) in [6.07, 6.45) is 1.76. The van der Waals surface area contributed by atoms with Crippen LogP contribution in [0.5, 0.6) is 5.75 Å². The van der Waals surface area contributed by atoms with E-state index < -0.39 is 0 Å². The Morgan fingerprint density at radius 3 is 2.50 bits per heavy atom. The topological polar surface area (TPSA) is 61.3 Å². The largest absolute Gasteiger partial charge is 0.495 e. The van der Waals surface area contributed by atoms with Crippen LogP contribution in [0.25, 0.3) is 11.5 Å². The highest BCUT2D eigenvalue weighted by molar-refractivity contribution is 5.65. The van der Waals surface area contributed by atoms with Crippen LogP contribution in [0.4, 0.5) is 5.69 Å². The van der Waals surface area contributed by atoms with Crippen molar-refractivity contribution in [1.82, 2.24) is 4.98 Å². The molecule has 0 amide bonds. The summed E-state index contributed by atoms with van der Waals surface area (Å²) >= 11 is 0. The summed E-state index contributed by atoms with van der Waals surface area (Å²) in [7, 11) is 1.59. The van der Waals surface area contributed by atoms with Gasteiger partial charge in [0, 0.05) is 11.0 Å². The number of rotatable bonds is 2. The van der Waals surface area contributed by atoms with Crippen molar-refractivity contribution in [1.29, 1.82) is 0 Å². The van der Waals surface area contributed by atoms with Crippen LogP contribution >= 0.6 is 0 Å². The summed E-state index contributed by atoms with van der Waals surface area (Å²) < 4.78 is 10.9. The SMILES string of the molecule is COc1ccc(-c2ncc(C(C)(C)C)o2)cc1N. The average Bonchev–Trinajstić information content (AvgIpc) is 2.77. The van der Waals surface area contributed by atoms with Crippen molar-refractivity contribution in [2.24, 2.45) is 0 Å². The minimum absolute atomic E-state index is 0.0523. The zero-order valence-electron chi connectivity index (χ0n) is 11.2. The maximum Gasteiger partial charge on any atom is 0.226 e. The van der Waals surface area contributed by atoms with Crippen LogP contribution in [0.15, 0.2) is 28.8 Å². The molecule has 0 saturated carbocycles. The van der Waals surface area contributed by atoms with Gasteiger partial charge in [-0.25, -0.2) is 4.98 Å². The van der Waals surface area contributed by atoms with Crippen LogP contribution in [0.1, 0.15) is 26.5 Å². The molecule has 1 aromatic heterocycles. The zero-order chi connectivity index (χ0) is 13.3. The second-order valence-corrected chi connectivity index (χ2v) is 5.24. The molecular formula is C14H18N2O2. The van der Waals surface area contributed by atoms with Gasteiger partial charge in [0.2, 0.25) is 5.89 Å². The van der Waals surface area contributed by atoms with Gasteiger partial charge in [-0.1, -0.05) is 20.8 Å². The van der Waals surface area contributed by atoms with Crippen LogP contribution in [0.2, 0.25) is 0 Å². The van der Waals surface area contributed by atoms with Crippen molar-refractivity contribution < 1.29 is 9.15 Å². The molecular weight excluding hydrogens is 228 g/mol. The minimum Gasteiger partial charge on any atom is -0.495 e. The standard InChI is InChI=1S/C14H18N2O2/c1-14(2,3)12-8-16-13(18-12)9-5-6-11(17-4)10(15)7-9/h5-8H,15H2,1-4H3. The Morgan fingerprint density at radius 2 is 2.00 bits per heavy atom. The Morgan fingerprint density at radius 1 is 1.28 bits per heavy atom. The predicted molar refractivity (Wildman–Crippen MR) is 71.6 cm³/mol. The number of ether oxygens (including phenoxy) is 1. The highest BCUT2D eigenvalue weighted by Gasteiger charge is 2.19. The molecule has 0 aliphatic heterocycles. The molecule has 1 heterocycles. The number of nitrogen functional groups attached to an aromatic ring is 1. The molecule has 0 radical (unpaired) electrons. The maximum atomic E-state index is 5.87. The molecule has 0 fully saturated rings. The van der Waals surface area contributed by atoms with Crippen LogP contribution in [0.3, 0.4) is 0 Å². The number of methoxy groups -OCH3 is 1. The van der Waals surface area contributed by atoms with E-state index in [1.165, 1.54) is 0 Å². The van der Waals surface area contributed by atoms with Crippen LogP contribution in [-0.2, 0) is 5.41 Å². The fourth-order valence-electron chi connectivity index (χ4n) is 1.62. The lowest BCUT2D eigenvalue weighted by molar-refractivity contribution is 0.414. The van der Waals surface area contributed by atoms with Gasteiger partial charge in [0.25, 0.3) is 0 Å². The van der Waals surface area contributed by atoms with Crippen LogP contribution < -0.4 is 10.5 Å². The lowest BCUT2D eigenvalue weighted by atomic mass is 9.94.